The van der Waals surface area contributed by atoms with Gasteiger partial charge in [0, 0.05) is 50.3 Å². The Hall–Kier alpha value is -10.5. The van der Waals surface area contributed by atoms with Crippen LogP contribution in [0.4, 0.5) is 34.1 Å². The molecule has 0 fully saturated rings. The number of para-hydroxylation sites is 3. The second-order valence-electron chi connectivity index (χ2n) is 20.8. The first-order valence-electron chi connectivity index (χ1n) is 29.3. The van der Waals surface area contributed by atoms with E-state index >= 15 is 0 Å². The number of rotatable bonds is 9. The number of benzene rings is 13. The maximum Gasteiger partial charge on any atom is 0.0726 e. The van der Waals surface area contributed by atoms with E-state index < -0.39 is 5.41 Å². The molecule has 0 unspecified atom stereocenters. The minimum Gasteiger partial charge on any atom is -0.310 e. The van der Waals surface area contributed by atoms with Gasteiger partial charge >= 0.3 is 0 Å². The largest absolute Gasteiger partial charge is 0.310 e. The van der Waals surface area contributed by atoms with Gasteiger partial charge in [-0.05, 0) is 157 Å². The van der Waals surface area contributed by atoms with E-state index in [1.807, 2.05) is 71.6 Å². The van der Waals surface area contributed by atoms with Crippen LogP contribution in [-0.4, -0.2) is 4.57 Å². The number of hydrogen-bond donors (Lipinski definition) is 0. The van der Waals surface area contributed by atoms with Gasteiger partial charge in [0.2, 0.25) is 0 Å². The molecule has 0 N–H and O–H groups in total. The molecule has 0 atom stereocenters. The molecule has 2 aliphatic rings. The first kappa shape index (κ1) is 41.7. The van der Waals surface area contributed by atoms with Gasteiger partial charge in [0.15, 0.2) is 0 Å². The van der Waals surface area contributed by atoms with Crippen molar-refractivity contribution in [1.29, 1.82) is 0 Å². The predicted molar refractivity (Wildman–Crippen MR) is 335 cm³/mol. The van der Waals surface area contributed by atoms with Gasteiger partial charge in [-0.2, -0.15) is 0 Å². The molecule has 80 heavy (non-hydrogen) atoms. The van der Waals surface area contributed by atoms with Crippen LogP contribution in [0, 0.1) is 0 Å². The molecule has 0 radical (unpaired) electrons. The predicted octanol–water partition coefficient (Wildman–Crippen LogP) is 20.6. The Bertz CT molecular complexity index is 4870. The van der Waals surface area contributed by atoms with Crippen LogP contribution in [0.1, 0.15) is 27.7 Å². The molecule has 0 bridgehead atoms. The minimum atomic E-state index is -0.626. The van der Waals surface area contributed by atoms with Gasteiger partial charge in [-0.15, -0.1) is 0 Å². The van der Waals surface area contributed by atoms with Crippen LogP contribution in [-0.2, 0) is 5.41 Å². The van der Waals surface area contributed by atoms with Crippen molar-refractivity contribution in [3.05, 3.63) is 332 Å². The van der Waals surface area contributed by atoms with Crippen molar-refractivity contribution in [3.63, 3.8) is 0 Å². The van der Waals surface area contributed by atoms with E-state index in [-0.39, 0.29) is 35.4 Å². The quantitative estimate of drug-likeness (QED) is 0.143. The Balaban J connectivity index is 0.870. The minimum absolute atomic E-state index is 0.124. The molecule has 13 aromatic carbocycles. The number of nitrogens with zero attached hydrogens (tertiary/aromatic N) is 3. The summed E-state index contributed by atoms with van der Waals surface area (Å²) in [6.07, 6.45) is 0. The van der Waals surface area contributed by atoms with Crippen molar-refractivity contribution in [1.82, 2.24) is 4.57 Å². The lowest BCUT2D eigenvalue weighted by atomic mass is 9.70. The lowest BCUT2D eigenvalue weighted by Crippen LogP contribution is -2.26. The van der Waals surface area contributed by atoms with Gasteiger partial charge < -0.3 is 14.4 Å². The summed E-state index contributed by atoms with van der Waals surface area (Å²) in [5.41, 5.74) is 19.6. The zero-order valence-corrected chi connectivity index (χ0v) is 43.5. The summed E-state index contributed by atoms with van der Waals surface area (Å²) in [4.78, 5) is 4.22. The normalized spacial score (nSPS) is 13.3. The average molecular weight is 1020 g/mol. The average Bonchev–Trinajstić information content (AvgIpc) is 1.72. The summed E-state index contributed by atoms with van der Waals surface area (Å²) >= 11 is 0. The van der Waals surface area contributed by atoms with E-state index in [0.717, 1.165) is 83.6 Å². The Morgan fingerprint density at radius 1 is 0.275 bits per heavy atom. The highest BCUT2D eigenvalue weighted by molar-refractivity contribution is 6.12. The second kappa shape index (κ2) is 18.3. The van der Waals surface area contributed by atoms with E-state index in [2.05, 4.69) is 228 Å². The maximum atomic E-state index is 10.1. The third-order valence-corrected chi connectivity index (χ3v) is 16.7. The number of aromatic nitrogens is 1. The molecular weight excluding hydrogens is 967 g/mol. The fourth-order valence-corrected chi connectivity index (χ4v) is 13.3. The van der Waals surface area contributed by atoms with Gasteiger partial charge in [-0.3, -0.25) is 0 Å². The van der Waals surface area contributed by atoms with E-state index in [4.69, 9.17) is 0 Å². The molecule has 14 aromatic rings. The highest BCUT2D eigenvalue weighted by atomic mass is 15.2. The van der Waals surface area contributed by atoms with Gasteiger partial charge in [0.25, 0.3) is 0 Å². The van der Waals surface area contributed by atoms with Crippen LogP contribution >= 0.6 is 0 Å². The van der Waals surface area contributed by atoms with Crippen molar-refractivity contribution in [2.45, 2.75) is 5.41 Å². The fraction of sp³-hybridized carbons (Fsp3) is 0.0130. The molecule has 0 saturated heterocycles. The van der Waals surface area contributed by atoms with Crippen LogP contribution in [0.5, 0.6) is 0 Å². The van der Waals surface area contributed by atoms with Gasteiger partial charge in [-0.1, -0.05) is 224 Å². The highest BCUT2D eigenvalue weighted by Gasteiger charge is 2.51. The lowest BCUT2D eigenvalue weighted by molar-refractivity contribution is 0.793. The lowest BCUT2D eigenvalue weighted by Gasteiger charge is -2.32. The summed E-state index contributed by atoms with van der Waals surface area (Å²) in [5.74, 6) is 0. The molecule has 3 heteroatoms. The molecule has 374 valence electrons. The molecule has 1 aromatic heterocycles. The third kappa shape index (κ3) is 6.94. The van der Waals surface area contributed by atoms with Gasteiger partial charge in [0.1, 0.15) is 0 Å². The molecule has 0 amide bonds. The van der Waals surface area contributed by atoms with Crippen molar-refractivity contribution in [2.75, 3.05) is 9.80 Å². The first-order chi connectivity index (χ1) is 41.4. The SMILES string of the molecule is [2H]c1c([2H])c(N(c2ccccc2)c2ccc3c(c2)C2(c4ccccc4-c4ccccc42)c2ccccc2-3)c([2H])c([2H])c1-c1cccc2c(N(c3ccc(-c4ccccc4)cc3)c3ccc4c5ccccc5n(-c5ccccc5)c4c3)cccc12. The zero-order chi connectivity index (χ0) is 56.2. The van der Waals surface area contributed by atoms with Crippen LogP contribution in [0.25, 0.3) is 82.8 Å². The Kier molecular flexibility index (Phi) is 9.55. The van der Waals surface area contributed by atoms with Crippen LogP contribution in [0.3, 0.4) is 0 Å². The monoisotopic (exact) mass is 1020 g/mol. The molecule has 3 nitrogen and oxygen atoms in total. The molecule has 16 rings (SSSR count). The molecule has 2 aliphatic carbocycles. The van der Waals surface area contributed by atoms with Crippen molar-refractivity contribution >= 4 is 66.7 Å². The van der Waals surface area contributed by atoms with Crippen molar-refractivity contribution in [2.24, 2.45) is 0 Å². The summed E-state index contributed by atoms with van der Waals surface area (Å²) in [6, 6.07) is 99.0. The first-order valence-corrected chi connectivity index (χ1v) is 27.3. The van der Waals surface area contributed by atoms with Crippen LogP contribution < -0.4 is 9.80 Å². The molecule has 1 spiro atoms. The smallest absolute Gasteiger partial charge is 0.0726 e. The Morgan fingerprint density at radius 3 is 1.46 bits per heavy atom. The molecular formula is C77H51N3. The van der Waals surface area contributed by atoms with E-state index in [1.54, 1.807) is 0 Å². The summed E-state index contributed by atoms with van der Waals surface area (Å²) in [5, 5.41) is 4.00. The Morgan fingerprint density at radius 2 is 0.762 bits per heavy atom. The van der Waals surface area contributed by atoms with Crippen LogP contribution in [0.15, 0.2) is 309 Å². The van der Waals surface area contributed by atoms with Gasteiger partial charge in [-0.25, -0.2) is 0 Å². The zero-order valence-electron chi connectivity index (χ0n) is 47.5. The topological polar surface area (TPSA) is 11.4 Å². The molecule has 1 heterocycles. The maximum absolute atomic E-state index is 10.1. The summed E-state index contributed by atoms with van der Waals surface area (Å²) in [7, 11) is 0. The Labute approximate surface area is 471 Å². The van der Waals surface area contributed by atoms with E-state index in [1.165, 1.54) is 38.8 Å². The summed E-state index contributed by atoms with van der Waals surface area (Å²) in [6.45, 7) is 0. The third-order valence-electron chi connectivity index (χ3n) is 16.7. The summed E-state index contributed by atoms with van der Waals surface area (Å²) < 4.78 is 42.8. The van der Waals surface area contributed by atoms with E-state index in [9.17, 15) is 5.48 Å². The second-order valence-corrected chi connectivity index (χ2v) is 20.8. The number of fused-ring (bicyclic) bond motifs is 14. The number of anilines is 6. The molecule has 0 aliphatic heterocycles. The van der Waals surface area contributed by atoms with Crippen molar-refractivity contribution < 1.29 is 5.48 Å². The molecule has 0 saturated carbocycles. The van der Waals surface area contributed by atoms with E-state index in [0.29, 0.717) is 5.56 Å². The highest BCUT2D eigenvalue weighted by Crippen LogP contribution is 2.63. The standard InChI is InChI=1S/C77H51N3/c1-4-20-52(21-5-1)53-38-42-58(43-39-53)79(60-47-49-69-68-29-13-17-36-75(68)80(76(69)51-60)56-24-8-3-9-25-56)74-37-19-31-62-61(30-18-32-67(62)74)54-40-44-57(45-41-54)78(55-22-6-2-7-23-55)59-46-48-66-65-28-12-16-35-72(65)77(73(66)50-59)70-33-14-10-26-63(70)64-27-11-15-34-71(64)77/h1-51H/i40D,41D,44D,45D. The van der Waals surface area contributed by atoms with Gasteiger partial charge in [0.05, 0.1) is 27.6 Å². The number of hydrogen-bond acceptors (Lipinski definition) is 2. The van der Waals surface area contributed by atoms with Crippen LogP contribution in [0.2, 0.25) is 0 Å². The fourth-order valence-electron chi connectivity index (χ4n) is 13.3. The van der Waals surface area contributed by atoms with Crippen molar-refractivity contribution in [3.8, 4) is 50.2 Å².